The van der Waals surface area contributed by atoms with E-state index in [9.17, 15) is 4.79 Å². The summed E-state index contributed by atoms with van der Waals surface area (Å²) in [5.41, 5.74) is 1.67. The third-order valence-corrected chi connectivity index (χ3v) is 5.11. The lowest BCUT2D eigenvalue weighted by Crippen LogP contribution is -2.38. The van der Waals surface area contributed by atoms with Gasteiger partial charge in [0.1, 0.15) is 5.75 Å². The first-order chi connectivity index (χ1) is 13.7. The summed E-state index contributed by atoms with van der Waals surface area (Å²) in [5.74, 6) is 2.15. The van der Waals surface area contributed by atoms with E-state index in [4.69, 9.17) is 9.26 Å². The first kappa shape index (κ1) is 18.4. The van der Waals surface area contributed by atoms with Crippen LogP contribution in [0, 0.1) is 5.92 Å². The molecule has 0 aliphatic carbocycles. The van der Waals surface area contributed by atoms with Crippen LogP contribution in [0.5, 0.6) is 5.75 Å². The highest BCUT2D eigenvalue weighted by Gasteiger charge is 2.27. The molecule has 0 radical (unpaired) electrons. The molecule has 0 saturated carbocycles. The number of benzene rings is 2. The van der Waals surface area contributed by atoms with Crippen molar-refractivity contribution in [3.05, 3.63) is 66.1 Å². The minimum Gasteiger partial charge on any atom is -0.497 e. The molecule has 4 rings (SSSR count). The number of ketones is 1. The van der Waals surface area contributed by atoms with E-state index in [1.807, 2.05) is 54.6 Å². The topological polar surface area (TPSA) is 68.5 Å². The molecule has 0 unspecified atom stereocenters. The van der Waals surface area contributed by atoms with Crippen LogP contribution in [0.25, 0.3) is 11.4 Å². The van der Waals surface area contributed by atoms with Crippen molar-refractivity contribution in [3.63, 3.8) is 0 Å². The second kappa shape index (κ2) is 8.35. The van der Waals surface area contributed by atoms with Crippen molar-refractivity contribution in [2.75, 3.05) is 20.2 Å². The zero-order valence-electron chi connectivity index (χ0n) is 15.9. The lowest BCUT2D eigenvalue weighted by Gasteiger charge is -2.30. The Balaban J connectivity index is 1.40. The van der Waals surface area contributed by atoms with Crippen molar-refractivity contribution in [1.29, 1.82) is 0 Å². The number of piperidine rings is 1. The molecule has 0 amide bonds. The highest BCUT2D eigenvalue weighted by molar-refractivity contribution is 5.98. The van der Waals surface area contributed by atoms with E-state index in [0.717, 1.165) is 36.3 Å². The first-order valence-corrected chi connectivity index (χ1v) is 9.51. The predicted molar refractivity (Wildman–Crippen MR) is 105 cm³/mol. The van der Waals surface area contributed by atoms with Gasteiger partial charge in [0.15, 0.2) is 5.78 Å². The highest BCUT2D eigenvalue weighted by atomic mass is 16.5. The van der Waals surface area contributed by atoms with Crippen LogP contribution in [0.2, 0.25) is 0 Å². The van der Waals surface area contributed by atoms with Crippen LogP contribution in [0.4, 0.5) is 0 Å². The highest BCUT2D eigenvalue weighted by Crippen LogP contribution is 2.23. The van der Waals surface area contributed by atoms with E-state index in [1.54, 1.807) is 7.11 Å². The molecule has 3 aromatic rings. The van der Waals surface area contributed by atoms with Gasteiger partial charge in [-0.15, -0.1) is 0 Å². The molecular formula is C22H23N3O3. The molecule has 6 heteroatoms. The van der Waals surface area contributed by atoms with E-state index in [1.165, 1.54) is 0 Å². The molecule has 1 aromatic heterocycles. The van der Waals surface area contributed by atoms with Gasteiger partial charge in [-0.1, -0.05) is 35.5 Å². The number of ether oxygens (including phenoxy) is 1. The van der Waals surface area contributed by atoms with E-state index in [2.05, 4.69) is 15.0 Å². The van der Waals surface area contributed by atoms with Gasteiger partial charge in [-0.25, -0.2) is 0 Å². The summed E-state index contributed by atoms with van der Waals surface area (Å²) in [7, 11) is 1.63. The maximum Gasteiger partial charge on any atom is 0.241 e. The molecule has 1 aliphatic rings. The molecule has 1 aliphatic heterocycles. The van der Waals surface area contributed by atoms with Gasteiger partial charge in [0.25, 0.3) is 0 Å². The molecule has 6 nitrogen and oxygen atoms in total. The Morgan fingerprint density at radius 1 is 1.18 bits per heavy atom. The second-order valence-electron chi connectivity index (χ2n) is 7.04. The summed E-state index contributed by atoms with van der Waals surface area (Å²) < 4.78 is 10.6. The number of hydrogen-bond acceptors (Lipinski definition) is 6. The molecule has 2 heterocycles. The normalized spacial score (nSPS) is 17.4. The van der Waals surface area contributed by atoms with Gasteiger partial charge in [-0.3, -0.25) is 9.69 Å². The van der Waals surface area contributed by atoms with Crippen LogP contribution >= 0.6 is 0 Å². The minimum absolute atomic E-state index is 0.0140. The fraction of sp³-hybridized carbons (Fsp3) is 0.318. The number of methoxy groups -OCH3 is 1. The number of aromatic nitrogens is 2. The standard InChI is InChI=1S/C22H23N3O3/c1-27-19-11-9-17(10-12-19)22-23-20(28-24-22)15-25-13-5-8-18(14-25)21(26)16-6-3-2-4-7-16/h2-4,6-7,9-12,18H,5,8,13-15H2,1H3/t18-/m1/s1. The summed E-state index contributed by atoms with van der Waals surface area (Å²) in [6.45, 7) is 2.20. The van der Waals surface area contributed by atoms with Crippen molar-refractivity contribution < 1.29 is 14.1 Å². The van der Waals surface area contributed by atoms with Gasteiger partial charge in [-0.2, -0.15) is 4.98 Å². The summed E-state index contributed by atoms with van der Waals surface area (Å²) in [4.78, 5) is 19.5. The lowest BCUT2D eigenvalue weighted by atomic mass is 9.90. The third-order valence-electron chi connectivity index (χ3n) is 5.11. The molecule has 2 aromatic carbocycles. The Bertz CT molecular complexity index is 922. The summed E-state index contributed by atoms with van der Waals surface area (Å²) in [6, 6.07) is 17.1. The van der Waals surface area contributed by atoms with E-state index in [-0.39, 0.29) is 11.7 Å². The van der Waals surface area contributed by atoms with E-state index in [0.29, 0.717) is 24.8 Å². The van der Waals surface area contributed by atoms with E-state index < -0.39 is 0 Å². The van der Waals surface area contributed by atoms with Crippen LogP contribution in [0.15, 0.2) is 59.1 Å². The van der Waals surface area contributed by atoms with Crippen molar-refractivity contribution in [2.45, 2.75) is 19.4 Å². The quantitative estimate of drug-likeness (QED) is 0.608. The monoisotopic (exact) mass is 377 g/mol. The van der Waals surface area contributed by atoms with Gasteiger partial charge in [-0.05, 0) is 43.7 Å². The molecular weight excluding hydrogens is 354 g/mol. The fourth-order valence-electron chi connectivity index (χ4n) is 3.62. The summed E-state index contributed by atoms with van der Waals surface area (Å²) in [6.07, 6.45) is 1.91. The average molecular weight is 377 g/mol. The van der Waals surface area contributed by atoms with Crippen molar-refractivity contribution in [3.8, 4) is 17.1 Å². The van der Waals surface area contributed by atoms with Gasteiger partial charge in [0.2, 0.25) is 11.7 Å². The van der Waals surface area contributed by atoms with Crippen LogP contribution in [0.1, 0.15) is 29.1 Å². The number of carbonyl (C=O) groups excluding carboxylic acids is 1. The number of Topliss-reactive ketones (excluding diaryl/α,β-unsaturated/α-hetero) is 1. The lowest BCUT2D eigenvalue weighted by molar-refractivity contribution is 0.0797. The smallest absolute Gasteiger partial charge is 0.241 e. The number of rotatable bonds is 6. The second-order valence-corrected chi connectivity index (χ2v) is 7.04. The van der Waals surface area contributed by atoms with Gasteiger partial charge >= 0.3 is 0 Å². The third kappa shape index (κ3) is 4.12. The number of nitrogens with zero attached hydrogens (tertiary/aromatic N) is 3. The SMILES string of the molecule is COc1ccc(-c2noc(CN3CCC[C@@H](C(=O)c4ccccc4)C3)n2)cc1. The Kier molecular flexibility index (Phi) is 5.48. The Labute approximate surface area is 164 Å². The van der Waals surface area contributed by atoms with Crippen LogP contribution in [0.3, 0.4) is 0 Å². The van der Waals surface area contributed by atoms with Gasteiger partial charge in [0, 0.05) is 23.6 Å². The number of hydrogen-bond donors (Lipinski definition) is 0. The Morgan fingerprint density at radius 2 is 1.96 bits per heavy atom. The largest absolute Gasteiger partial charge is 0.497 e. The fourth-order valence-corrected chi connectivity index (χ4v) is 3.62. The number of carbonyl (C=O) groups is 1. The first-order valence-electron chi connectivity index (χ1n) is 9.51. The van der Waals surface area contributed by atoms with Crippen LogP contribution < -0.4 is 4.74 Å². The average Bonchev–Trinajstić information content (AvgIpc) is 3.22. The minimum atomic E-state index is 0.0140. The molecule has 1 atom stereocenters. The van der Waals surface area contributed by atoms with Crippen molar-refractivity contribution in [2.24, 2.45) is 5.92 Å². The van der Waals surface area contributed by atoms with Gasteiger partial charge in [0.05, 0.1) is 13.7 Å². The maximum atomic E-state index is 12.8. The van der Waals surface area contributed by atoms with Crippen molar-refractivity contribution >= 4 is 5.78 Å². The van der Waals surface area contributed by atoms with Crippen LogP contribution in [-0.2, 0) is 6.54 Å². The Hall–Kier alpha value is -2.99. The van der Waals surface area contributed by atoms with Crippen molar-refractivity contribution in [1.82, 2.24) is 15.0 Å². The predicted octanol–water partition coefficient (Wildman–Crippen LogP) is 3.84. The van der Waals surface area contributed by atoms with E-state index >= 15 is 0 Å². The number of likely N-dealkylation sites (tertiary alicyclic amines) is 1. The van der Waals surface area contributed by atoms with Crippen LogP contribution in [-0.4, -0.2) is 41.0 Å². The summed E-state index contributed by atoms with van der Waals surface area (Å²) in [5, 5.41) is 4.09. The Morgan fingerprint density at radius 3 is 2.71 bits per heavy atom. The molecule has 1 saturated heterocycles. The molecule has 0 N–H and O–H groups in total. The maximum absolute atomic E-state index is 12.8. The van der Waals surface area contributed by atoms with Gasteiger partial charge < -0.3 is 9.26 Å². The summed E-state index contributed by atoms with van der Waals surface area (Å²) >= 11 is 0. The zero-order valence-corrected chi connectivity index (χ0v) is 15.9. The zero-order chi connectivity index (χ0) is 19.3. The molecule has 1 fully saturated rings. The molecule has 144 valence electrons. The molecule has 0 bridgehead atoms. The molecule has 0 spiro atoms. The molecule has 28 heavy (non-hydrogen) atoms.